The van der Waals surface area contributed by atoms with Gasteiger partial charge < -0.3 is 9.64 Å². The Labute approximate surface area is 151 Å². The highest BCUT2D eigenvalue weighted by Crippen LogP contribution is 2.39. The topological polar surface area (TPSA) is 51.1 Å². The van der Waals surface area contributed by atoms with E-state index in [0.29, 0.717) is 6.04 Å². The maximum atomic E-state index is 5.39. The number of hydrogen-bond donors (Lipinski definition) is 0. The monoisotopic (exact) mass is 352 g/mol. The smallest absolute Gasteiger partial charge is 0.209 e. The fourth-order valence-electron chi connectivity index (χ4n) is 3.38. The van der Waals surface area contributed by atoms with Gasteiger partial charge in [-0.1, -0.05) is 29.5 Å². The van der Waals surface area contributed by atoms with E-state index in [2.05, 4.69) is 45.2 Å². The minimum Gasteiger partial charge on any atom is -0.496 e. The zero-order valence-corrected chi connectivity index (χ0v) is 15.2. The van der Waals surface area contributed by atoms with Gasteiger partial charge in [0.15, 0.2) is 5.01 Å². The molecule has 6 heteroatoms. The Morgan fingerprint density at radius 3 is 2.88 bits per heavy atom. The first-order valence-electron chi connectivity index (χ1n) is 8.42. The molecule has 0 aliphatic carbocycles. The van der Waals surface area contributed by atoms with Crippen LogP contribution in [0.2, 0.25) is 0 Å². The quantitative estimate of drug-likeness (QED) is 0.702. The second-order valence-corrected chi connectivity index (χ2v) is 7.14. The van der Waals surface area contributed by atoms with Gasteiger partial charge in [-0.3, -0.25) is 4.98 Å². The Morgan fingerprint density at radius 1 is 1.20 bits per heavy atom. The summed E-state index contributed by atoms with van der Waals surface area (Å²) >= 11 is 1.61. The molecule has 0 saturated carbocycles. The average molecular weight is 352 g/mol. The standard InChI is InChI=1S/C19H20N4OS/c1-13-12-14(8-9-17(13)24-2)16-7-5-11-23(16)19-22-21-18(25-19)15-6-3-4-10-20-15/h3-4,6,8-10,12,16H,5,7,11H2,1-2H3/t16-/m1/s1. The third-order valence-electron chi connectivity index (χ3n) is 4.60. The van der Waals surface area contributed by atoms with E-state index in [9.17, 15) is 0 Å². The van der Waals surface area contributed by atoms with Gasteiger partial charge in [0.2, 0.25) is 5.13 Å². The lowest BCUT2D eigenvalue weighted by Crippen LogP contribution is -2.22. The van der Waals surface area contributed by atoms with Gasteiger partial charge in [0.25, 0.3) is 0 Å². The van der Waals surface area contributed by atoms with Crippen molar-refractivity contribution in [1.29, 1.82) is 0 Å². The van der Waals surface area contributed by atoms with Gasteiger partial charge in [-0.15, -0.1) is 10.2 Å². The maximum Gasteiger partial charge on any atom is 0.209 e. The molecular formula is C19H20N4OS. The van der Waals surface area contributed by atoms with Gasteiger partial charge in [0.1, 0.15) is 11.4 Å². The Kier molecular flexibility index (Phi) is 4.36. The molecule has 0 bridgehead atoms. The molecule has 1 atom stereocenters. The number of rotatable bonds is 4. The lowest BCUT2D eigenvalue weighted by Gasteiger charge is -2.24. The summed E-state index contributed by atoms with van der Waals surface area (Å²) < 4.78 is 5.39. The summed E-state index contributed by atoms with van der Waals surface area (Å²) in [7, 11) is 1.71. The molecule has 5 nitrogen and oxygen atoms in total. The van der Waals surface area contributed by atoms with Crippen molar-refractivity contribution in [3.05, 3.63) is 53.7 Å². The van der Waals surface area contributed by atoms with Gasteiger partial charge in [-0.05, 0) is 49.1 Å². The van der Waals surface area contributed by atoms with Crippen molar-refractivity contribution in [2.24, 2.45) is 0 Å². The van der Waals surface area contributed by atoms with Crippen molar-refractivity contribution >= 4 is 16.5 Å². The van der Waals surface area contributed by atoms with Crippen molar-refractivity contribution in [3.63, 3.8) is 0 Å². The molecule has 0 unspecified atom stereocenters. The predicted molar refractivity (Wildman–Crippen MR) is 100 cm³/mol. The first-order chi connectivity index (χ1) is 12.3. The van der Waals surface area contributed by atoms with Crippen LogP contribution in [0.25, 0.3) is 10.7 Å². The number of aryl methyl sites for hydroxylation is 1. The van der Waals surface area contributed by atoms with E-state index < -0.39 is 0 Å². The SMILES string of the molecule is COc1ccc([C@H]2CCCN2c2nnc(-c3ccccn3)s2)cc1C. The van der Waals surface area contributed by atoms with Crippen LogP contribution in [0.15, 0.2) is 42.6 Å². The Hall–Kier alpha value is -2.47. The summed E-state index contributed by atoms with van der Waals surface area (Å²) in [5.74, 6) is 0.932. The number of anilines is 1. The highest BCUT2D eigenvalue weighted by Gasteiger charge is 2.29. The van der Waals surface area contributed by atoms with Crippen LogP contribution in [0.3, 0.4) is 0 Å². The summed E-state index contributed by atoms with van der Waals surface area (Å²) in [6, 6.07) is 12.6. The van der Waals surface area contributed by atoms with Gasteiger partial charge >= 0.3 is 0 Å². The molecule has 128 valence electrons. The zero-order valence-electron chi connectivity index (χ0n) is 14.3. The van der Waals surface area contributed by atoms with E-state index in [1.807, 2.05) is 18.2 Å². The second kappa shape index (κ2) is 6.80. The summed E-state index contributed by atoms with van der Waals surface area (Å²) in [6.07, 6.45) is 4.08. The molecule has 1 saturated heterocycles. The first-order valence-corrected chi connectivity index (χ1v) is 9.24. The summed E-state index contributed by atoms with van der Waals surface area (Å²) in [5.41, 5.74) is 3.35. The zero-order chi connectivity index (χ0) is 17.2. The van der Waals surface area contributed by atoms with E-state index in [4.69, 9.17) is 4.74 Å². The molecule has 2 aromatic heterocycles. The largest absolute Gasteiger partial charge is 0.496 e. The van der Waals surface area contributed by atoms with Crippen molar-refractivity contribution in [3.8, 4) is 16.5 Å². The number of hydrogen-bond acceptors (Lipinski definition) is 6. The second-order valence-electron chi connectivity index (χ2n) is 6.19. The van der Waals surface area contributed by atoms with Crippen LogP contribution < -0.4 is 9.64 Å². The molecule has 3 aromatic rings. The Bertz CT molecular complexity index is 865. The fraction of sp³-hybridized carbons (Fsp3) is 0.316. The summed E-state index contributed by atoms with van der Waals surface area (Å²) in [4.78, 5) is 6.74. The lowest BCUT2D eigenvalue weighted by molar-refractivity contribution is 0.411. The van der Waals surface area contributed by atoms with Gasteiger partial charge in [0.05, 0.1) is 13.2 Å². The van der Waals surface area contributed by atoms with Crippen LogP contribution in [0.5, 0.6) is 5.75 Å². The minimum absolute atomic E-state index is 0.342. The molecule has 1 aliphatic rings. The van der Waals surface area contributed by atoms with Crippen LogP contribution in [0.4, 0.5) is 5.13 Å². The van der Waals surface area contributed by atoms with Crippen LogP contribution in [-0.4, -0.2) is 28.8 Å². The van der Waals surface area contributed by atoms with Gasteiger partial charge in [-0.2, -0.15) is 0 Å². The maximum absolute atomic E-state index is 5.39. The van der Waals surface area contributed by atoms with Gasteiger partial charge in [0, 0.05) is 12.7 Å². The predicted octanol–water partition coefficient (Wildman–Crippen LogP) is 4.26. The molecule has 1 fully saturated rings. The molecule has 0 N–H and O–H groups in total. The van der Waals surface area contributed by atoms with Crippen LogP contribution in [0.1, 0.15) is 30.0 Å². The summed E-state index contributed by atoms with van der Waals surface area (Å²) in [5, 5.41) is 10.6. The number of aromatic nitrogens is 3. The first kappa shape index (κ1) is 16.0. The highest BCUT2D eigenvalue weighted by atomic mass is 32.1. The highest BCUT2D eigenvalue weighted by molar-refractivity contribution is 7.18. The van der Waals surface area contributed by atoms with E-state index in [1.165, 1.54) is 11.1 Å². The molecular weight excluding hydrogens is 332 g/mol. The molecule has 4 rings (SSSR count). The van der Waals surface area contributed by atoms with Crippen molar-refractivity contribution in [2.75, 3.05) is 18.6 Å². The minimum atomic E-state index is 0.342. The molecule has 1 aromatic carbocycles. The number of nitrogens with zero attached hydrogens (tertiary/aromatic N) is 4. The van der Waals surface area contributed by atoms with Crippen LogP contribution >= 0.6 is 11.3 Å². The third-order valence-corrected chi connectivity index (χ3v) is 5.58. The van der Waals surface area contributed by atoms with Gasteiger partial charge in [-0.25, -0.2) is 0 Å². The third kappa shape index (κ3) is 3.09. The van der Waals surface area contributed by atoms with E-state index in [1.54, 1.807) is 24.6 Å². The molecule has 25 heavy (non-hydrogen) atoms. The lowest BCUT2D eigenvalue weighted by atomic mass is 10.0. The number of pyridine rings is 1. The normalized spacial score (nSPS) is 17.0. The van der Waals surface area contributed by atoms with Crippen molar-refractivity contribution in [1.82, 2.24) is 15.2 Å². The van der Waals surface area contributed by atoms with Crippen LogP contribution in [-0.2, 0) is 0 Å². The average Bonchev–Trinajstić information content (AvgIpc) is 3.31. The Morgan fingerprint density at radius 2 is 2.12 bits per heavy atom. The number of ether oxygens (including phenoxy) is 1. The summed E-state index contributed by atoms with van der Waals surface area (Å²) in [6.45, 7) is 3.10. The van der Waals surface area contributed by atoms with E-state index >= 15 is 0 Å². The molecule has 0 spiro atoms. The number of methoxy groups -OCH3 is 1. The molecule has 0 radical (unpaired) electrons. The van der Waals surface area contributed by atoms with Crippen molar-refractivity contribution < 1.29 is 4.74 Å². The number of benzene rings is 1. The van der Waals surface area contributed by atoms with Crippen molar-refractivity contribution in [2.45, 2.75) is 25.8 Å². The van der Waals surface area contributed by atoms with E-state index in [0.717, 1.165) is 41.0 Å². The molecule has 3 heterocycles. The Balaban J connectivity index is 1.62. The molecule has 0 amide bonds. The fourth-order valence-corrected chi connectivity index (χ4v) is 4.27. The van der Waals surface area contributed by atoms with Crippen LogP contribution in [0, 0.1) is 6.92 Å². The molecule has 1 aliphatic heterocycles. The van der Waals surface area contributed by atoms with E-state index in [-0.39, 0.29) is 0 Å².